The summed E-state index contributed by atoms with van der Waals surface area (Å²) in [6, 6.07) is 11.8. The lowest BCUT2D eigenvalue weighted by Crippen LogP contribution is -2.44. The van der Waals surface area contributed by atoms with E-state index >= 15 is 0 Å². The molecule has 0 fully saturated rings. The fourth-order valence-corrected chi connectivity index (χ4v) is 3.12. The standard InChI is InChI=1S/C19H23N3O3/c1-2-10-20-18(23)19(24)21-13-16(17-8-5-12-25-17)22-11-9-14-6-3-4-7-15(14)22/h3-8,12,16H,2,9-11,13H2,1H3,(H,20,23)(H,21,24). The number of anilines is 1. The van der Waals surface area contributed by atoms with Crippen LogP contribution in [0.15, 0.2) is 47.1 Å². The topological polar surface area (TPSA) is 74.6 Å². The van der Waals surface area contributed by atoms with Crippen molar-refractivity contribution in [3.05, 3.63) is 54.0 Å². The number of rotatable bonds is 6. The molecule has 0 saturated carbocycles. The number of carbonyl (C=O) groups is 2. The molecule has 6 heteroatoms. The molecular weight excluding hydrogens is 318 g/mol. The minimum Gasteiger partial charge on any atom is -0.467 e. The second kappa shape index (κ2) is 7.88. The van der Waals surface area contributed by atoms with Gasteiger partial charge in [0.2, 0.25) is 0 Å². The van der Waals surface area contributed by atoms with Crippen molar-refractivity contribution in [3.63, 3.8) is 0 Å². The third kappa shape index (κ3) is 3.84. The summed E-state index contributed by atoms with van der Waals surface area (Å²) in [5.74, 6) is -0.440. The van der Waals surface area contributed by atoms with Gasteiger partial charge in [0.05, 0.1) is 6.26 Å². The molecule has 1 aromatic heterocycles. The molecule has 0 aliphatic carbocycles. The Morgan fingerprint density at radius 3 is 2.72 bits per heavy atom. The molecule has 0 radical (unpaired) electrons. The average Bonchev–Trinajstić information content (AvgIpc) is 3.30. The molecule has 0 spiro atoms. The zero-order chi connectivity index (χ0) is 17.6. The number of nitrogens with zero attached hydrogens (tertiary/aromatic N) is 1. The van der Waals surface area contributed by atoms with E-state index in [0.717, 1.165) is 30.8 Å². The Morgan fingerprint density at radius 2 is 1.96 bits per heavy atom. The van der Waals surface area contributed by atoms with Crippen molar-refractivity contribution in [2.75, 3.05) is 24.5 Å². The van der Waals surface area contributed by atoms with Gasteiger partial charge in [0.1, 0.15) is 11.8 Å². The molecule has 1 aliphatic rings. The highest BCUT2D eigenvalue weighted by Crippen LogP contribution is 2.34. The van der Waals surface area contributed by atoms with Gasteiger partial charge < -0.3 is 20.0 Å². The highest BCUT2D eigenvalue weighted by atomic mass is 16.3. The summed E-state index contributed by atoms with van der Waals surface area (Å²) in [6.45, 7) is 3.59. The van der Waals surface area contributed by atoms with Gasteiger partial charge in [-0.15, -0.1) is 0 Å². The molecule has 1 aliphatic heterocycles. The van der Waals surface area contributed by atoms with Crippen LogP contribution in [0.2, 0.25) is 0 Å². The monoisotopic (exact) mass is 341 g/mol. The molecular formula is C19H23N3O3. The molecule has 6 nitrogen and oxygen atoms in total. The predicted molar refractivity (Wildman–Crippen MR) is 95.3 cm³/mol. The highest BCUT2D eigenvalue weighted by molar-refractivity contribution is 6.35. The van der Waals surface area contributed by atoms with Crippen LogP contribution >= 0.6 is 0 Å². The maximum Gasteiger partial charge on any atom is 0.309 e. The molecule has 2 aromatic rings. The van der Waals surface area contributed by atoms with Gasteiger partial charge in [-0.2, -0.15) is 0 Å². The summed E-state index contributed by atoms with van der Waals surface area (Å²) in [5.41, 5.74) is 2.43. The minimum atomic E-state index is -0.613. The van der Waals surface area contributed by atoms with E-state index in [9.17, 15) is 9.59 Å². The lowest BCUT2D eigenvalue weighted by atomic mass is 10.1. The minimum absolute atomic E-state index is 0.151. The number of fused-ring (bicyclic) bond motifs is 1. The van der Waals surface area contributed by atoms with Gasteiger partial charge >= 0.3 is 11.8 Å². The van der Waals surface area contributed by atoms with Crippen LogP contribution in [0.4, 0.5) is 5.69 Å². The fourth-order valence-electron chi connectivity index (χ4n) is 3.12. The maximum atomic E-state index is 12.0. The van der Waals surface area contributed by atoms with Crippen molar-refractivity contribution in [3.8, 4) is 0 Å². The van der Waals surface area contributed by atoms with Crippen LogP contribution in [0.5, 0.6) is 0 Å². The van der Waals surface area contributed by atoms with Crippen LogP contribution in [0.25, 0.3) is 0 Å². The van der Waals surface area contributed by atoms with Gasteiger partial charge in [-0.05, 0) is 36.6 Å². The van der Waals surface area contributed by atoms with Gasteiger partial charge in [-0.3, -0.25) is 9.59 Å². The van der Waals surface area contributed by atoms with Crippen molar-refractivity contribution < 1.29 is 14.0 Å². The number of benzene rings is 1. The summed E-state index contributed by atoms with van der Waals surface area (Å²) in [5, 5.41) is 5.32. The van der Waals surface area contributed by atoms with E-state index in [1.54, 1.807) is 6.26 Å². The Kier molecular flexibility index (Phi) is 5.38. The number of nitrogens with one attached hydrogen (secondary N) is 2. The Hall–Kier alpha value is -2.76. The lowest BCUT2D eigenvalue weighted by molar-refractivity contribution is -0.139. The van der Waals surface area contributed by atoms with Crippen LogP contribution < -0.4 is 15.5 Å². The van der Waals surface area contributed by atoms with Gasteiger partial charge in [-0.25, -0.2) is 0 Å². The third-order valence-corrected chi connectivity index (χ3v) is 4.37. The van der Waals surface area contributed by atoms with E-state index in [0.29, 0.717) is 13.1 Å². The number of hydrogen-bond acceptors (Lipinski definition) is 4. The second-order valence-electron chi connectivity index (χ2n) is 6.07. The van der Waals surface area contributed by atoms with Crippen molar-refractivity contribution in [1.29, 1.82) is 0 Å². The molecule has 2 amide bonds. The van der Waals surface area contributed by atoms with Crippen molar-refractivity contribution in [2.24, 2.45) is 0 Å². The number of carbonyl (C=O) groups excluding carboxylic acids is 2. The zero-order valence-corrected chi connectivity index (χ0v) is 14.3. The fraction of sp³-hybridized carbons (Fsp3) is 0.368. The molecule has 0 saturated heterocycles. The number of amides is 2. The third-order valence-electron chi connectivity index (χ3n) is 4.37. The van der Waals surface area contributed by atoms with Crippen LogP contribution in [-0.2, 0) is 16.0 Å². The first-order chi connectivity index (χ1) is 12.2. The van der Waals surface area contributed by atoms with E-state index in [-0.39, 0.29) is 6.04 Å². The molecule has 1 atom stereocenters. The van der Waals surface area contributed by atoms with Crippen molar-refractivity contribution in [1.82, 2.24) is 10.6 Å². The predicted octanol–water partition coefficient (Wildman–Crippen LogP) is 2.03. The number of para-hydroxylation sites is 1. The molecule has 132 valence electrons. The smallest absolute Gasteiger partial charge is 0.309 e. The molecule has 2 heterocycles. The summed E-state index contributed by atoms with van der Waals surface area (Å²) in [4.78, 5) is 26.0. The molecule has 25 heavy (non-hydrogen) atoms. The van der Waals surface area contributed by atoms with E-state index in [2.05, 4.69) is 27.7 Å². The Morgan fingerprint density at radius 1 is 1.16 bits per heavy atom. The molecule has 2 N–H and O–H groups in total. The first-order valence-electron chi connectivity index (χ1n) is 8.64. The first-order valence-corrected chi connectivity index (χ1v) is 8.64. The first kappa shape index (κ1) is 17.1. The van der Waals surface area contributed by atoms with Gasteiger partial charge in [-0.1, -0.05) is 25.1 Å². The molecule has 1 unspecified atom stereocenters. The van der Waals surface area contributed by atoms with E-state index in [1.807, 2.05) is 31.2 Å². The van der Waals surface area contributed by atoms with E-state index < -0.39 is 11.8 Å². The largest absolute Gasteiger partial charge is 0.467 e. The quantitative estimate of drug-likeness (QED) is 0.789. The SMILES string of the molecule is CCCNC(=O)C(=O)NCC(c1ccco1)N1CCc2ccccc21. The molecule has 3 rings (SSSR count). The summed E-state index contributed by atoms with van der Waals surface area (Å²) < 4.78 is 5.59. The Balaban J connectivity index is 1.72. The molecule has 1 aromatic carbocycles. The second-order valence-corrected chi connectivity index (χ2v) is 6.07. The highest BCUT2D eigenvalue weighted by Gasteiger charge is 2.29. The van der Waals surface area contributed by atoms with Crippen LogP contribution in [0.1, 0.15) is 30.7 Å². The van der Waals surface area contributed by atoms with Gasteiger partial charge in [0.15, 0.2) is 0 Å². The van der Waals surface area contributed by atoms with Crippen LogP contribution in [0.3, 0.4) is 0 Å². The Bertz CT molecular complexity index is 727. The molecule has 0 bridgehead atoms. The summed E-state index contributed by atoms with van der Waals surface area (Å²) in [7, 11) is 0. The van der Waals surface area contributed by atoms with Gasteiger partial charge in [0, 0.05) is 25.3 Å². The van der Waals surface area contributed by atoms with E-state index in [4.69, 9.17) is 4.42 Å². The van der Waals surface area contributed by atoms with Crippen LogP contribution in [-0.4, -0.2) is 31.4 Å². The van der Waals surface area contributed by atoms with Gasteiger partial charge in [0.25, 0.3) is 0 Å². The summed E-state index contributed by atoms with van der Waals surface area (Å²) in [6.07, 6.45) is 3.37. The van der Waals surface area contributed by atoms with Crippen molar-refractivity contribution >= 4 is 17.5 Å². The maximum absolute atomic E-state index is 12.0. The van der Waals surface area contributed by atoms with Crippen LogP contribution in [0, 0.1) is 0 Å². The number of furan rings is 1. The summed E-state index contributed by atoms with van der Waals surface area (Å²) >= 11 is 0. The van der Waals surface area contributed by atoms with Crippen molar-refractivity contribution in [2.45, 2.75) is 25.8 Å². The average molecular weight is 341 g/mol. The Labute approximate surface area is 147 Å². The number of hydrogen-bond donors (Lipinski definition) is 2. The van der Waals surface area contributed by atoms with E-state index in [1.165, 1.54) is 5.56 Å². The normalized spacial score (nSPS) is 14.0. The lowest BCUT2D eigenvalue weighted by Gasteiger charge is -2.29. The zero-order valence-electron chi connectivity index (χ0n) is 14.3.